The van der Waals surface area contributed by atoms with E-state index < -0.39 is 17.8 Å². The second-order valence-corrected chi connectivity index (χ2v) is 3.50. The van der Waals surface area contributed by atoms with Gasteiger partial charge < -0.3 is 5.11 Å². The van der Waals surface area contributed by atoms with Crippen LogP contribution in [-0.2, 0) is 9.59 Å². The van der Waals surface area contributed by atoms with Gasteiger partial charge in [-0.25, -0.2) is 0 Å². The highest BCUT2D eigenvalue weighted by Gasteiger charge is 2.39. The molecule has 1 N–H and O–H groups in total. The minimum Gasteiger partial charge on any atom is -0.480 e. The Kier molecular flexibility index (Phi) is 2.44. The van der Waals surface area contributed by atoms with E-state index in [1.54, 1.807) is 31.2 Å². The number of anilines is 1. The molecule has 0 aliphatic carbocycles. The molecule has 0 saturated heterocycles. The number of hydrazone groups is 1. The van der Waals surface area contributed by atoms with Gasteiger partial charge in [-0.05, 0) is 19.1 Å². The number of hydrogen-bond acceptors (Lipinski definition) is 3. The number of para-hydroxylation sites is 1. The van der Waals surface area contributed by atoms with Crippen LogP contribution in [0.1, 0.15) is 6.92 Å². The van der Waals surface area contributed by atoms with Gasteiger partial charge in [-0.1, -0.05) is 18.2 Å². The number of carboxylic acids is 1. The Morgan fingerprint density at radius 1 is 1.38 bits per heavy atom. The molecule has 1 aromatic rings. The summed E-state index contributed by atoms with van der Waals surface area (Å²) in [6.45, 7) is 1.54. The molecule has 0 spiro atoms. The third-order valence-electron chi connectivity index (χ3n) is 2.38. The molecule has 1 aliphatic heterocycles. The molecule has 1 heterocycles. The van der Waals surface area contributed by atoms with Gasteiger partial charge in [0.25, 0.3) is 5.91 Å². The molecule has 1 aromatic carbocycles. The monoisotopic (exact) mass is 218 g/mol. The zero-order chi connectivity index (χ0) is 11.7. The summed E-state index contributed by atoms with van der Waals surface area (Å²) < 4.78 is 0. The molecule has 0 fully saturated rings. The van der Waals surface area contributed by atoms with E-state index >= 15 is 0 Å². The predicted octanol–water partition coefficient (Wildman–Crippen LogP) is 1.11. The first-order chi connectivity index (χ1) is 7.61. The van der Waals surface area contributed by atoms with E-state index in [1.807, 2.05) is 6.07 Å². The number of carbonyl (C=O) groups excluding carboxylic acids is 1. The Morgan fingerprint density at radius 2 is 2.00 bits per heavy atom. The van der Waals surface area contributed by atoms with E-state index in [4.69, 9.17) is 5.11 Å². The molecule has 0 bridgehead atoms. The number of benzene rings is 1. The van der Waals surface area contributed by atoms with Crippen LogP contribution in [0.2, 0.25) is 0 Å². The second-order valence-electron chi connectivity index (χ2n) is 3.50. The zero-order valence-electron chi connectivity index (χ0n) is 8.62. The molecule has 5 nitrogen and oxygen atoms in total. The quantitative estimate of drug-likeness (QED) is 0.756. The van der Waals surface area contributed by atoms with Gasteiger partial charge in [0.1, 0.15) is 0 Å². The maximum atomic E-state index is 11.8. The molecule has 16 heavy (non-hydrogen) atoms. The predicted molar refractivity (Wildman–Crippen MR) is 58.2 cm³/mol. The van der Waals surface area contributed by atoms with Crippen molar-refractivity contribution in [2.75, 3.05) is 5.01 Å². The minimum atomic E-state index is -1.16. The number of carboxylic acid groups (broad SMARTS) is 1. The Morgan fingerprint density at radius 3 is 2.50 bits per heavy atom. The summed E-state index contributed by atoms with van der Waals surface area (Å²) >= 11 is 0. The first-order valence-electron chi connectivity index (χ1n) is 4.78. The van der Waals surface area contributed by atoms with Crippen LogP contribution in [0.25, 0.3) is 0 Å². The number of aliphatic carboxylic acids is 1. The van der Waals surface area contributed by atoms with Crippen molar-refractivity contribution in [1.82, 2.24) is 0 Å². The third kappa shape index (κ3) is 1.56. The first kappa shape index (κ1) is 10.4. The fraction of sp³-hybridized carbons (Fsp3) is 0.182. The number of hydrogen-bond donors (Lipinski definition) is 1. The molecule has 1 amide bonds. The molecule has 1 aliphatic rings. The van der Waals surface area contributed by atoms with E-state index in [0.717, 1.165) is 5.01 Å². The summed E-state index contributed by atoms with van der Waals surface area (Å²) in [6, 6.07) is 8.76. The summed E-state index contributed by atoms with van der Waals surface area (Å²) in [5, 5.41) is 14.0. The van der Waals surface area contributed by atoms with E-state index in [1.165, 1.54) is 0 Å². The van der Waals surface area contributed by atoms with Crippen molar-refractivity contribution >= 4 is 23.3 Å². The molecule has 0 radical (unpaired) electrons. The third-order valence-corrected chi connectivity index (χ3v) is 2.38. The molecule has 5 heteroatoms. The lowest BCUT2D eigenvalue weighted by Gasteiger charge is -2.12. The van der Waals surface area contributed by atoms with E-state index in [-0.39, 0.29) is 0 Å². The maximum absolute atomic E-state index is 11.8. The number of rotatable bonds is 2. The largest absolute Gasteiger partial charge is 0.480 e. The van der Waals surface area contributed by atoms with Crippen molar-refractivity contribution in [2.45, 2.75) is 6.92 Å². The fourth-order valence-corrected chi connectivity index (χ4v) is 1.60. The summed E-state index contributed by atoms with van der Waals surface area (Å²) in [6.07, 6.45) is 0. The van der Waals surface area contributed by atoms with Crippen LogP contribution in [0.5, 0.6) is 0 Å². The number of carbonyl (C=O) groups is 2. The number of amides is 1. The molecular formula is C11H10N2O3. The summed E-state index contributed by atoms with van der Waals surface area (Å²) in [5.41, 5.74) is 0.886. The highest BCUT2D eigenvalue weighted by Crippen LogP contribution is 2.23. The van der Waals surface area contributed by atoms with Crippen molar-refractivity contribution in [3.05, 3.63) is 30.3 Å². The van der Waals surface area contributed by atoms with Crippen LogP contribution in [0.15, 0.2) is 35.4 Å². The average Bonchev–Trinajstić information content (AvgIpc) is 2.55. The van der Waals surface area contributed by atoms with Gasteiger partial charge in [-0.2, -0.15) is 10.1 Å². The lowest BCUT2D eigenvalue weighted by molar-refractivity contribution is -0.142. The van der Waals surface area contributed by atoms with Crippen LogP contribution in [0.4, 0.5) is 5.69 Å². The van der Waals surface area contributed by atoms with Gasteiger partial charge in [0.15, 0.2) is 5.92 Å². The van der Waals surface area contributed by atoms with Gasteiger partial charge in [0.2, 0.25) is 0 Å². The van der Waals surface area contributed by atoms with Crippen molar-refractivity contribution in [3.63, 3.8) is 0 Å². The Hall–Kier alpha value is -2.17. The number of nitrogens with zero attached hydrogens (tertiary/aromatic N) is 2. The Balaban J connectivity index is 2.35. The highest BCUT2D eigenvalue weighted by molar-refractivity contribution is 6.25. The van der Waals surface area contributed by atoms with Gasteiger partial charge in [-0.3, -0.25) is 9.59 Å². The normalized spacial score (nSPS) is 19.8. The molecule has 0 aromatic heterocycles. The van der Waals surface area contributed by atoms with Crippen molar-refractivity contribution < 1.29 is 14.7 Å². The van der Waals surface area contributed by atoms with Crippen molar-refractivity contribution in [3.8, 4) is 0 Å². The van der Waals surface area contributed by atoms with E-state index in [2.05, 4.69) is 5.10 Å². The van der Waals surface area contributed by atoms with Crippen molar-refractivity contribution in [2.24, 2.45) is 11.0 Å². The SMILES string of the molecule is CC1=NN(c2ccccc2)C(=O)[C@H]1C(=O)O. The molecule has 2 rings (SSSR count). The summed E-state index contributed by atoms with van der Waals surface area (Å²) in [7, 11) is 0. The lowest BCUT2D eigenvalue weighted by Crippen LogP contribution is -2.32. The molecule has 1 atom stereocenters. The van der Waals surface area contributed by atoms with Gasteiger partial charge in [-0.15, -0.1) is 0 Å². The van der Waals surface area contributed by atoms with Crippen LogP contribution in [0, 0.1) is 5.92 Å². The van der Waals surface area contributed by atoms with Gasteiger partial charge in [0, 0.05) is 0 Å². The zero-order valence-corrected chi connectivity index (χ0v) is 8.62. The van der Waals surface area contributed by atoms with E-state index in [9.17, 15) is 9.59 Å². The average molecular weight is 218 g/mol. The Bertz CT molecular complexity index is 467. The van der Waals surface area contributed by atoms with Crippen LogP contribution < -0.4 is 5.01 Å². The van der Waals surface area contributed by atoms with Crippen LogP contribution in [0.3, 0.4) is 0 Å². The molecule has 0 saturated carbocycles. The lowest BCUT2D eigenvalue weighted by atomic mass is 10.1. The highest BCUT2D eigenvalue weighted by atomic mass is 16.4. The van der Waals surface area contributed by atoms with Gasteiger partial charge >= 0.3 is 5.97 Å². The standard InChI is InChI=1S/C11H10N2O3/c1-7-9(11(15)16)10(14)13(12-7)8-5-3-2-4-6-8/h2-6,9H,1H3,(H,15,16)/t9-/m0/s1. The minimum absolute atomic E-state index is 0.307. The molecule has 0 unspecified atom stereocenters. The van der Waals surface area contributed by atoms with Gasteiger partial charge in [0.05, 0.1) is 11.4 Å². The fourth-order valence-electron chi connectivity index (χ4n) is 1.60. The van der Waals surface area contributed by atoms with Crippen LogP contribution in [-0.4, -0.2) is 22.7 Å². The summed E-state index contributed by atoms with van der Waals surface area (Å²) in [5.74, 6) is -2.83. The Labute approximate surface area is 92.0 Å². The topological polar surface area (TPSA) is 70.0 Å². The smallest absolute Gasteiger partial charge is 0.322 e. The van der Waals surface area contributed by atoms with Crippen molar-refractivity contribution in [1.29, 1.82) is 0 Å². The van der Waals surface area contributed by atoms with E-state index in [0.29, 0.717) is 11.4 Å². The molecular weight excluding hydrogens is 208 g/mol. The first-order valence-corrected chi connectivity index (χ1v) is 4.78. The maximum Gasteiger partial charge on any atom is 0.322 e. The second kappa shape index (κ2) is 3.77. The van der Waals surface area contributed by atoms with Crippen LogP contribution >= 0.6 is 0 Å². The summed E-state index contributed by atoms with van der Waals surface area (Å²) in [4.78, 5) is 22.7. The molecule has 82 valence electrons.